The summed E-state index contributed by atoms with van der Waals surface area (Å²) in [6.07, 6.45) is 5.85. The maximum atomic E-state index is 11.3. The lowest BCUT2D eigenvalue weighted by atomic mass is 9.95. The highest BCUT2D eigenvalue weighted by Crippen LogP contribution is 2.26. The first-order valence-electron chi connectivity index (χ1n) is 5.23. The van der Waals surface area contributed by atoms with Crippen LogP contribution in [0.1, 0.15) is 31.7 Å². The van der Waals surface area contributed by atoms with Crippen LogP contribution in [-0.4, -0.2) is 10.9 Å². The molecule has 3 nitrogen and oxygen atoms in total. The first-order chi connectivity index (χ1) is 7.31. The fourth-order valence-electron chi connectivity index (χ4n) is 1.87. The summed E-state index contributed by atoms with van der Waals surface area (Å²) in [7, 11) is 0. The van der Waals surface area contributed by atoms with Gasteiger partial charge in [-0.2, -0.15) is 0 Å². The maximum absolute atomic E-state index is 11.3. The average molecular weight is 202 g/mol. The number of hydrogen-bond donors (Lipinski definition) is 1. The molecule has 78 valence electrons. The molecule has 1 aliphatic rings. The summed E-state index contributed by atoms with van der Waals surface area (Å²) in [6, 6.07) is 3.98. The largest absolute Gasteiger partial charge is 0.329 e. The number of carbonyl (C=O) groups excluding carboxylic acids is 1. The lowest BCUT2D eigenvalue weighted by Crippen LogP contribution is -2.27. The van der Waals surface area contributed by atoms with Crippen molar-refractivity contribution >= 4 is 11.5 Å². The highest BCUT2D eigenvalue weighted by atomic mass is 16.1. The molecule has 3 heteroatoms. The molecule has 1 aliphatic heterocycles. The number of allylic oxidation sites excluding steroid dienone is 2. The minimum absolute atomic E-state index is 0.129. The van der Waals surface area contributed by atoms with Crippen molar-refractivity contribution in [2.75, 3.05) is 0 Å². The molecule has 1 aromatic rings. The molecule has 1 aromatic heterocycles. The second kappa shape index (κ2) is 4.26. The van der Waals surface area contributed by atoms with E-state index in [1.165, 1.54) is 11.1 Å². The van der Waals surface area contributed by atoms with Gasteiger partial charge in [-0.3, -0.25) is 9.78 Å². The summed E-state index contributed by atoms with van der Waals surface area (Å²) in [5.41, 5.74) is 3.47. The van der Waals surface area contributed by atoms with E-state index < -0.39 is 0 Å². The maximum Gasteiger partial charge on any atom is 0.224 e. The number of carbonyl (C=O) groups is 1. The number of nitrogens with zero attached hydrogens (tertiary/aromatic N) is 1. The number of hydrogen-bond acceptors (Lipinski definition) is 2. The fourth-order valence-corrected chi connectivity index (χ4v) is 1.87. The molecule has 0 saturated heterocycles. The van der Waals surface area contributed by atoms with E-state index in [2.05, 4.69) is 17.2 Å². The predicted molar refractivity (Wildman–Crippen MR) is 58.8 cm³/mol. The van der Waals surface area contributed by atoms with Crippen LogP contribution in [-0.2, 0) is 4.79 Å². The van der Waals surface area contributed by atoms with Gasteiger partial charge in [0.2, 0.25) is 5.91 Å². The molecule has 0 radical (unpaired) electrons. The van der Waals surface area contributed by atoms with Crippen LogP contribution in [0.25, 0.3) is 5.57 Å². The van der Waals surface area contributed by atoms with Gasteiger partial charge in [0.1, 0.15) is 0 Å². The van der Waals surface area contributed by atoms with Crippen LogP contribution in [0, 0.1) is 0 Å². The van der Waals surface area contributed by atoms with E-state index in [9.17, 15) is 4.79 Å². The second-order valence-corrected chi connectivity index (χ2v) is 3.59. The third-order valence-electron chi connectivity index (χ3n) is 2.64. The molecular weight excluding hydrogens is 188 g/mol. The quantitative estimate of drug-likeness (QED) is 0.798. The van der Waals surface area contributed by atoms with E-state index in [4.69, 9.17) is 0 Å². The topological polar surface area (TPSA) is 42.0 Å². The van der Waals surface area contributed by atoms with Gasteiger partial charge in [0.15, 0.2) is 0 Å². The lowest BCUT2D eigenvalue weighted by Gasteiger charge is -2.20. The van der Waals surface area contributed by atoms with Gasteiger partial charge >= 0.3 is 0 Å². The van der Waals surface area contributed by atoms with Crippen molar-refractivity contribution in [1.29, 1.82) is 0 Å². The van der Waals surface area contributed by atoms with Crippen molar-refractivity contribution in [3.8, 4) is 0 Å². The number of aromatic nitrogens is 1. The Kier molecular flexibility index (Phi) is 2.81. The molecule has 0 spiro atoms. The average Bonchev–Trinajstić information content (AvgIpc) is 2.30. The third kappa shape index (κ3) is 2.06. The smallest absolute Gasteiger partial charge is 0.224 e. The van der Waals surface area contributed by atoms with Crippen molar-refractivity contribution in [1.82, 2.24) is 10.3 Å². The Labute approximate surface area is 89.2 Å². The van der Waals surface area contributed by atoms with Gasteiger partial charge in [0.05, 0.1) is 0 Å². The molecule has 0 aromatic carbocycles. The highest BCUT2D eigenvalue weighted by molar-refractivity contribution is 5.86. The Hall–Kier alpha value is -1.64. The Balaban J connectivity index is 2.38. The van der Waals surface area contributed by atoms with Gasteiger partial charge in [-0.1, -0.05) is 6.92 Å². The third-order valence-corrected chi connectivity index (χ3v) is 2.64. The van der Waals surface area contributed by atoms with Gasteiger partial charge in [-0.15, -0.1) is 0 Å². The zero-order valence-corrected chi connectivity index (χ0v) is 8.79. The van der Waals surface area contributed by atoms with Crippen molar-refractivity contribution in [3.63, 3.8) is 0 Å². The standard InChI is InChI=1S/C12H14N2O/c1-2-11-10(3-4-12(15)14-11)9-5-7-13-8-6-9/h5-8H,2-4H2,1H3,(H,14,15). The summed E-state index contributed by atoms with van der Waals surface area (Å²) in [5.74, 6) is 0.129. The molecule has 0 atom stereocenters. The Morgan fingerprint density at radius 2 is 2.07 bits per heavy atom. The Bertz CT molecular complexity index is 395. The van der Waals surface area contributed by atoms with Gasteiger partial charge in [-0.25, -0.2) is 0 Å². The zero-order valence-electron chi connectivity index (χ0n) is 8.79. The molecule has 0 fully saturated rings. The van der Waals surface area contributed by atoms with Crippen molar-refractivity contribution in [2.24, 2.45) is 0 Å². The van der Waals surface area contributed by atoms with Crippen molar-refractivity contribution in [2.45, 2.75) is 26.2 Å². The lowest BCUT2D eigenvalue weighted by molar-refractivity contribution is -0.120. The van der Waals surface area contributed by atoms with E-state index in [0.717, 1.165) is 18.5 Å². The number of nitrogens with one attached hydrogen (secondary N) is 1. The van der Waals surface area contributed by atoms with E-state index in [-0.39, 0.29) is 5.91 Å². The Morgan fingerprint density at radius 3 is 2.73 bits per heavy atom. The van der Waals surface area contributed by atoms with E-state index in [1.807, 2.05) is 12.1 Å². The van der Waals surface area contributed by atoms with E-state index in [1.54, 1.807) is 12.4 Å². The predicted octanol–water partition coefficient (Wildman–Crippen LogP) is 2.11. The molecule has 1 N–H and O–H groups in total. The minimum Gasteiger partial charge on any atom is -0.329 e. The summed E-state index contributed by atoms with van der Waals surface area (Å²) in [5, 5.41) is 2.93. The second-order valence-electron chi connectivity index (χ2n) is 3.59. The van der Waals surface area contributed by atoms with Gasteiger partial charge in [0, 0.05) is 24.5 Å². The van der Waals surface area contributed by atoms with Gasteiger partial charge < -0.3 is 5.32 Å². The molecule has 0 bridgehead atoms. The molecule has 2 heterocycles. The first-order valence-corrected chi connectivity index (χ1v) is 5.23. The molecule has 2 rings (SSSR count). The summed E-state index contributed by atoms with van der Waals surface area (Å²) < 4.78 is 0. The Morgan fingerprint density at radius 1 is 1.33 bits per heavy atom. The number of rotatable bonds is 2. The molecule has 1 amide bonds. The molecule has 15 heavy (non-hydrogen) atoms. The molecule has 0 aliphatic carbocycles. The van der Waals surface area contributed by atoms with E-state index >= 15 is 0 Å². The van der Waals surface area contributed by atoms with E-state index in [0.29, 0.717) is 6.42 Å². The minimum atomic E-state index is 0.129. The highest BCUT2D eigenvalue weighted by Gasteiger charge is 2.17. The molecular formula is C12H14N2O. The summed E-state index contributed by atoms with van der Waals surface area (Å²) in [4.78, 5) is 15.2. The first kappa shape index (κ1) is 9.90. The van der Waals surface area contributed by atoms with Crippen LogP contribution in [0.2, 0.25) is 0 Å². The SMILES string of the molecule is CCC1=C(c2ccncc2)CCC(=O)N1. The van der Waals surface area contributed by atoms with Crippen molar-refractivity contribution < 1.29 is 4.79 Å². The van der Waals surface area contributed by atoms with Crippen LogP contribution < -0.4 is 5.32 Å². The number of pyridine rings is 1. The van der Waals surface area contributed by atoms with Gasteiger partial charge in [0.25, 0.3) is 0 Å². The number of amides is 1. The normalized spacial score (nSPS) is 16.5. The summed E-state index contributed by atoms with van der Waals surface area (Å²) >= 11 is 0. The monoisotopic (exact) mass is 202 g/mol. The van der Waals surface area contributed by atoms with Gasteiger partial charge in [-0.05, 0) is 36.1 Å². The summed E-state index contributed by atoms with van der Waals surface area (Å²) in [6.45, 7) is 2.06. The van der Waals surface area contributed by atoms with Crippen LogP contribution in [0.5, 0.6) is 0 Å². The van der Waals surface area contributed by atoms with Crippen LogP contribution in [0.15, 0.2) is 30.2 Å². The fraction of sp³-hybridized carbons (Fsp3) is 0.333. The van der Waals surface area contributed by atoms with Crippen molar-refractivity contribution in [3.05, 3.63) is 35.8 Å². The van der Waals surface area contributed by atoms with Crippen LogP contribution in [0.4, 0.5) is 0 Å². The molecule has 0 saturated carbocycles. The zero-order chi connectivity index (χ0) is 10.7. The van der Waals surface area contributed by atoms with Crippen LogP contribution in [0.3, 0.4) is 0 Å². The molecule has 0 unspecified atom stereocenters. The van der Waals surface area contributed by atoms with Crippen LogP contribution >= 0.6 is 0 Å².